The molecule has 3 aliphatic heterocycles. The molecule has 3 heterocycles. The van der Waals surface area contributed by atoms with Crippen molar-refractivity contribution in [3.8, 4) is 0 Å². The van der Waals surface area contributed by atoms with Crippen molar-refractivity contribution in [2.45, 2.75) is 76.1 Å². The maximum absolute atomic E-state index is 13.9. The first-order chi connectivity index (χ1) is 19.2. The fourth-order valence-electron chi connectivity index (χ4n) is 6.93. The van der Waals surface area contributed by atoms with Gasteiger partial charge in [-0.3, -0.25) is 19.2 Å². The smallest absolute Gasteiger partial charge is 0.255 e. The zero-order valence-electron chi connectivity index (χ0n) is 24.0. The molecule has 1 aromatic carbocycles. The van der Waals surface area contributed by atoms with Crippen molar-refractivity contribution < 1.29 is 23.9 Å². The third kappa shape index (κ3) is 5.48. The molecule has 2 N–H and O–H groups in total. The Kier molecular flexibility index (Phi) is 8.47. The Hall–Kier alpha value is -2.98. The molecular formula is C30H43N5O5. The van der Waals surface area contributed by atoms with Gasteiger partial charge in [-0.15, -0.1) is 0 Å². The van der Waals surface area contributed by atoms with E-state index in [1.807, 2.05) is 26.0 Å². The number of carbonyl (C=O) groups excluding carboxylic acids is 4. The van der Waals surface area contributed by atoms with Crippen LogP contribution in [0.4, 0.5) is 5.69 Å². The van der Waals surface area contributed by atoms with Gasteiger partial charge < -0.3 is 30.1 Å². The summed E-state index contributed by atoms with van der Waals surface area (Å²) >= 11 is 0. The van der Waals surface area contributed by atoms with E-state index in [2.05, 4.69) is 15.5 Å². The number of amides is 3. The SMILES string of the molecule is COC1(C(=O)N2CC(=O)C3C2CCN3C(=O)C(CC(C)C)NC(=O)c2ccc(N3CCNCC3)cc2)CCCC1. The highest BCUT2D eigenvalue weighted by Gasteiger charge is 2.56. The zero-order valence-corrected chi connectivity index (χ0v) is 24.0. The van der Waals surface area contributed by atoms with Crippen LogP contribution in [0.2, 0.25) is 0 Å². The first-order valence-electron chi connectivity index (χ1n) is 14.8. The topological polar surface area (TPSA) is 111 Å². The van der Waals surface area contributed by atoms with Crippen LogP contribution in [0.15, 0.2) is 24.3 Å². The molecule has 10 heteroatoms. The second kappa shape index (κ2) is 11.9. The van der Waals surface area contributed by atoms with Crippen LogP contribution in [-0.2, 0) is 19.1 Å². The summed E-state index contributed by atoms with van der Waals surface area (Å²) in [6.45, 7) is 8.11. The van der Waals surface area contributed by atoms with Gasteiger partial charge in [-0.2, -0.15) is 0 Å². The van der Waals surface area contributed by atoms with Gasteiger partial charge in [-0.25, -0.2) is 0 Å². The summed E-state index contributed by atoms with van der Waals surface area (Å²) in [4.78, 5) is 59.4. The van der Waals surface area contributed by atoms with Gasteiger partial charge in [0.25, 0.3) is 11.8 Å². The van der Waals surface area contributed by atoms with E-state index >= 15 is 0 Å². The number of methoxy groups -OCH3 is 1. The van der Waals surface area contributed by atoms with Crippen LogP contribution in [0.25, 0.3) is 0 Å². The van der Waals surface area contributed by atoms with Crippen molar-refractivity contribution in [3.63, 3.8) is 0 Å². The van der Waals surface area contributed by atoms with E-state index in [4.69, 9.17) is 4.74 Å². The molecule has 3 saturated heterocycles. The van der Waals surface area contributed by atoms with Gasteiger partial charge >= 0.3 is 0 Å². The lowest BCUT2D eigenvalue weighted by molar-refractivity contribution is -0.155. The Balaban J connectivity index is 1.28. The molecule has 40 heavy (non-hydrogen) atoms. The van der Waals surface area contributed by atoms with E-state index in [-0.39, 0.29) is 42.0 Å². The fourth-order valence-corrected chi connectivity index (χ4v) is 6.93. The van der Waals surface area contributed by atoms with Gasteiger partial charge in [0.2, 0.25) is 5.91 Å². The number of nitrogens with zero attached hydrogens (tertiary/aromatic N) is 3. The van der Waals surface area contributed by atoms with Crippen LogP contribution in [0.5, 0.6) is 0 Å². The molecule has 5 rings (SSSR count). The molecule has 0 spiro atoms. The van der Waals surface area contributed by atoms with E-state index in [9.17, 15) is 19.2 Å². The van der Waals surface area contributed by atoms with Crippen molar-refractivity contribution in [2.75, 3.05) is 51.3 Å². The molecular weight excluding hydrogens is 510 g/mol. The van der Waals surface area contributed by atoms with Crippen LogP contribution < -0.4 is 15.5 Å². The van der Waals surface area contributed by atoms with E-state index in [1.54, 1.807) is 29.0 Å². The first kappa shape index (κ1) is 28.5. The fraction of sp³-hybridized carbons (Fsp3) is 0.667. The Morgan fingerprint density at radius 3 is 2.35 bits per heavy atom. The lowest BCUT2D eigenvalue weighted by atomic mass is 9.99. The molecule has 4 aliphatic rings. The lowest BCUT2D eigenvalue weighted by Gasteiger charge is -2.33. The number of hydrogen-bond acceptors (Lipinski definition) is 7. The van der Waals surface area contributed by atoms with E-state index in [0.717, 1.165) is 44.7 Å². The molecule has 218 valence electrons. The summed E-state index contributed by atoms with van der Waals surface area (Å²) in [5.41, 5.74) is 0.707. The number of benzene rings is 1. The maximum atomic E-state index is 13.9. The number of hydrogen-bond donors (Lipinski definition) is 2. The number of carbonyl (C=O) groups is 4. The molecule has 10 nitrogen and oxygen atoms in total. The molecule has 0 radical (unpaired) electrons. The second-order valence-corrected chi connectivity index (χ2v) is 12.1. The lowest BCUT2D eigenvalue weighted by Crippen LogP contribution is -2.53. The van der Waals surface area contributed by atoms with Gasteiger partial charge in [0.1, 0.15) is 17.7 Å². The molecule has 3 atom stereocenters. The maximum Gasteiger partial charge on any atom is 0.255 e. The third-order valence-electron chi connectivity index (χ3n) is 9.08. The van der Waals surface area contributed by atoms with Crippen LogP contribution in [0.1, 0.15) is 62.7 Å². The molecule has 3 amide bonds. The number of anilines is 1. The average Bonchev–Trinajstić information content (AvgIpc) is 3.70. The van der Waals surface area contributed by atoms with Crippen molar-refractivity contribution in [3.05, 3.63) is 29.8 Å². The monoisotopic (exact) mass is 553 g/mol. The van der Waals surface area contributed by atoms with Crippen molar-refractivity contribution in [1.29, 1.82) is 0 Å². The molecule has 1 aromatic rings. The third-order valence-corrected chi connectivity index (χ3v) is 9.08. The van der Waals surface area contributed by atoms with E-state index < -0.39 is 17.7 Å². The Morgan fingerprint density at radius 1 is 1.05 bits per heavy atom. The minimum absolute atomic E-state index is 0.00366. The van der Waals surface area contributed by atoms with Crippen molar-refractivity contribution >= 4 is 29.2 Å². The summed E-state index contributed by atoms with van der Waals surface area (Å²) in [7, 11) is 1.57. The number of ether oxygens (including phenoxy) is 1. The summed E-state index contributed by atoms with van der Waals surface area (Å²) in [5.74, 6) is -0.647. The quantitative estimate of drug-likeness (QED) is 0.503. The zero-order chi connectivity index (χ0) is 28.4. The van der Waals surface area contributed by atoms with Gasteiger partial charge in [0.05, 0.1) is 12.6 Å². The van der Waals surface area contributed by atoms with Crippen LogP contribution in [0, 0.1) is 5.92 Å². The van der Waals surface area contributed by atoms with E-state index in [1.165, 1.54) is 0 Å². The molecule has 0 aromatic heterocycles. The van der Waals surface area contributed by atoms with Gasteiger partial charge in [-0.05, 0) is 68.7 Å². The first-order valence-corrected chi connectivity index (χ1v) is 14.8. The minimum atomic E-state index is -0.860. The number of likely N-dealkylation sites (tertiary alicyclic amines) is 2. The molecule has 3 unspecified atom stereocenters. The number of nitrogens with one attached hydrogen (secondary N) is 2. The van der Waals surface area contributed by atoms with Gasteiger partial charge in [0, 0.05) is 51.1 Å². The van der Waals surface area contributed by atoms with Gasteiger partial charge in [-0.1, -0.05) is 13.8 Å². The molecule has 0 bridgehead atoms. The van der Waals surface area contributed by atoms with Crippen molar-refractivity contribution in [1.82, 2.24) is 20.4 Å². The van der Waals surface area contributed by atoms with Crippen molar-refractivity contribution in [2.24, 2.45) is 5.92 Å². The normalized spacial score (nSPS) is 24.9. The number of ketones is 1. The van der Waals surface area contributed by atoms with Crippen LogP contribution in [0.3, 0.4) is 0 Å². The number of fused-ring (bicyclic) bond motifs is 1. The van der Waals surface area contributed by atoms with Gasteiger partial charge in [0.15, 0.2) is 5.78 Å². The highest BCUT2D eigenvalue weighted by molar-refractivity contribution is 6.01. The summed E-state index contributed by atoms with van der Waals surface area (Å²) in [5, 5.41) is 6.30. The molecule has 4 fully saturated rings. The molecule has 1 aliphatic carbocycles. The van der Waals surface area contributed by atoms with E-state index in [0.29, 0.717) is 37.8 Å². The predicted octanol–water partition coefficient (Wildman–Crippen LogP) is 1.58. The average molecular weight is 554 g/mol. The van der Waals surface area contributed by atoms with Crippen LogP contribution >= 0.6 is 0 Å². The second-order valence-electron chi connectivity index (χ2n) is 12.1. The highest BCUT2D eigenvalue weighted by Crippen LogP contribution is 2.38. The summed E-state index contributed by atoms with van der Waals surface area (Å²) < 4.78 is 5.70. The number of piperazine rings is 1. The Bertz CT molecular complexity index is 1110. The predicted molar refractivity (Wildman–Crippen MR) is 151 cm³/mol. The number of Topliss-reactive ketones (excluding diaryl/α,β-unsaturated/α-hetero) is 1. The largest absolute Gasteiger partial charge is 0.369 e. The minimum Gasteiger partial charge on any atom is -0.369 e. The number of rotatable bonds is 8. The standard InChI is InChI=1S/C30H43N5O5/c1-20(2)18-23(32-27(37)21-6-8-22(9-7-21)33-16-13-31-14-17-33)28(38)34-15-10-24-26(34)25(36)19-35(24)29(39)30(40-3)11-4-5-12-30/h6-9,20,23-24,26,31H,4-5,10-19H2,1-3H3,(H,32,37). The summed E-state index contributed by atoms with van der Waals surface area (Å²) in [6, 6.07) is 5.73. The summed E-state index contributed by atoms with van der Waals surface area (Å²) in [6.07, 6.45) is 4.17. The highest BCUT2D eigenvalue weighted by atomic mass is 16.5. The molecule has 1 saturated carbocycles. The Morgan fingerprint density at radius 2 is 1.73 bits per heavy atom. The van der Waals surface area contributed by atoms with Crippen LogP contribution in [-0.4, -0.2) is 103 Å². The Labute approximate surface area is 236 Å².